The second-order valence-corrected chi connectivity index (χ2v) is 11.7. The first-order valence-electron chi connectivity index (χ1n) is 12.9. The lowest BCUT2D eigenvalue weighted by Crippen LogP contribution is -2.38. The zero-order valence-electron chi connectivity index (χ0n) is 19.6. The molecule has 3 fully saturated rings. The van der Waals surface area contributed by atoms with Gasteiger partial charge in [-0.25, -0.2) is 0 Å². The first kappa shape index (κ1) is 23.1. The van der Waals surface area contributed by atoms with E-state index in [9.17, 15) is 4.79 Å². The maximum absolute atomic E-state index is 13.1. The van der Waals surface area contributed by atoms with Crippen LogP contribution in [0.25, 0.3) is 0 Å². The van der Waals surface area contributed by atoms with E-state index in [1.165, 1.54) is 69.8 Å². The predicted octanol–water partition coefficient (Wildman–Crippen LogP) is 6.37. The molecule has 1 aromatic heterocycles. The molecule has 4 atom stereocenters. The van der Waals surface area contributed by atoms with Gasteiger partial charge in [-0.1, -0.05) is 32.6 Å². The van der Waals surface area contributed by atoms with E-state index in [0.29, 0.717) is 17.1 Å². The molecule has 3 aliphatic rings. The number of unbranched alkanes of at least 4 members (excludes halogenated alkanes) is 2. The van der Waals surface area contributed by atoms with Gasteiger partial charge in [0.05, 0.1) is 5.75 Å². The van der Waals surface area contributed by atoms with Gasteiger partial charge in [-0.15, -0.1) is 0 Å². The number of fused-ring (bicyclic) bond motifs is 2. The maximum atomic E-state index is 13.1. The quantitative estimate of drug-likeness (QED) is 0.352. The van der Waals surface area contributed by atoms with Gasteiger partial charge in [-0.05, 0) is 98.0 Å². The van der Waals surface area contributed by atoms with Crippen molar-refractivity contribution < 1.29 is 4.79 Å². The Morgan fingerprint density at radius 1 is 1.16 bits per heavy atom. The van der Waals surface area contributed by atoms with Crippen LogP contribution < -0.4 is 0 Å². The predicted molar refractivity (Wildman–Crippen MR) is 131 cm³/mol. The lowest BCUT2D eigenvalue weighted by Gasteiger charge is -2.37. The monoisotopic (exact) mass is 442 g/mol. The molecule has 0 spiro atoms. The highest BCUT2D eigenvalue weighted by Crippen LogP contribution is 2.61. The molecule has 0 aromatic carbocycles. The van der Waals surface area contributed by atoms with Gasteiger partial charge in [0, 0.05) is 25.5 Å². The molecular weight excluding hydrogens is 400 g/mol. The van der Waals surface area contributed by atoms with Crippen LogP contribution in [0.1, 0.15) is 83.1 Å². The number of carbonyl (C=O) groups is 1. The van der Waals surface area contributed by atoms with Gasteiger partial charge in [0.2, 0.25) is 5.91 Å². The highest BCUT2D eigenvalue weighted by Gasteiger charge is 2.51. The Balaban J connectivity index is 1.28. The fraction of sp³-hybridized carbons (Fsp3) is 0.778. The van der Waals surface area contributed by atoms with Crippen molar-refractivity contribution in [2.75, 3.05) is 24.6 Å². The zero-order chi connectivity index (χ0) is 21.5. The summed E-state index contributed by atoms with van der Waals surface area (Å²) < 4.78 is 0. The number of pyridine rings is 1. The number of nitrogens with zero attached hydrogens (tertiary/aromatic N) is 2. The highest BCUT2D eigenvalue weighted by molar-refractivity contribution is 7.99. The molecule has 0 N–H and O–H groups in total. The van der Waals surface area contributed by atoms with Crippen LogP contribution in [0.3, 0.4) is 0 Å². The molecule has 1 amide bonds. The minimum Gasteiger partial charge on any atom is -0.342 e. The molecule has 0 aliphatic heterocycles. The number of hydrogen-bond donors (Lipinski definition) is 0. The molecule has 3 bridgehead atoms. The molecule has 3 saturated carbocycles. The topological polar surface area (TPSA) is 33.2 Å². The summed E-state index contributed by atoms with van der Waals surface area (Å²) in [6.07, 6.45) is 19.9. The molecule has 4 heteroatoms. The van der Waals surface area contributed by atoms with Crippen molar-refractivity contribution >= 4 is 17.7 Å². The first-order valence-corrected chi connectivity index (χ1v) is 14.1. The second-order valence-electron chi connectivity index (χ2n) is 10.6. The van der Waals surface area contributed by atoms with Crippen LogP contribution in [-0.4, -0.2) is 40.4 Å². The average molecular weight is 443 g/mol. The van der Waals surface area contributed by atoms with E-state index < -0.39 is 0 Å². The van der Waals surface area contributed by atoms with Crippen molar-refractivity contribution in [1.29, 1.82) is 0 Å². The van der Waals surface area contributed by atoms with Crippen LogP contribution in [0.15, 0.2) is 24.5 Å². The van der Waals surface area contributed by atoms with Gasteiger partial charge in [0.1, 0.15) is 0 Å². The molecule has 4 rings (SSSR count). The van der Waals surface area contributed by atoms with Crippen LogP contribution >= 0.6 is 11.8 Å². The number of thioether (sulfide) groups is 1. The van der Waals surface area contributed by atoms with Crippen LogP contribution in [0, 0.1) is 23.2 Å². The number of hydrogen-bond acceptors (Lipinski definition) is 3. The number of aryl methyl sites for hydroxylation is 1. The van der Waals surface area contributed by atoms with E-state index in [0.717, 1.165) is 49.4 Å². The molecule has 4 unspecified atom stereocenters. The number of aromatic nitrogens is 1. The van der Waals surface area contributed by atoms with Gasteiger partial charge in [-0.3, -0.25) is 9.78 Å². The van der Waals surface area contributed by atoms with E-state index in [2.05, 4.69) is 28.9 Å². The molecule has 1 aromatic rings. The van der Waals surface area contributed by atoms with Gasteiger partial charge in [0.15, 0.2) is 0 Å². The average Bonchev–Trinajstić information content (AvgIpc) is 2.95. The number of rotatable bonds is 12. The molecule has 1 heterocycles. The van der Waals surface area contributed by atoms with Crippen LogP contribution in [-0.2, 0) is 11.2 Å². The van der Waals surface area contributed by atoms with Gasteiger partial charge in [0.25, 0.3) is 0 Å². The summed E-state index contributed by atoms with van der Waals surface area (Å²) >= 11 is 1.80. The van der Waals surface area contributed by atoms with E-state index in [1.807, 2.05) is 12.4 Å². The lowest BCUT2D eigenvalue weighted by atomic mass is 9.71. The summed E-state index contributed by atoms with van der Waals surface area (Å²) in [6.45, 7) is 4.21. The molecular formula is C27H42N2OS. The largest absolute Gasteiger partial charge is 0.342 e. The Hall–Kier alpha value is -1.03. The first-order chi connectivity index (χ1) is 15.2. The van der Waals surface area contributed by atoms with Crippen LogP contribution in [0.4, 0.5) is 0 Å². The summed E-state index contributed by atoms with van der Waals surface area (Å²) in [5.41, 5.74) is 1.88. The second kappa shape index (κ2) is 11.2. The SMILES string of the molecule is CCCCCN(CCC12CCCC3CC(CC1C3)C2)C(=O)CSCCc1ccncc1. The van der Waals surface area contributed by atoms with E-state index in [4.69, 9.17) is 0 Å². The van der Waals surface area contributed by atoms with E-state index >= 15 is 0 Å². The lowest BCUT2D eigenvalue weighted by molar-refractivity contribution is -0.129. The number of carbonyl (C=O) groups excluding carboxylic acids is 1. The normalized spacial score (nSPS) is 29.1. The summed E-state index contributed by atoms with van der Waals surface area (Å²) in [6, 6.07) is 4.15. The Bertz CT molecular complexity index is 696. The highest BCUT2D eigenvalue weighted by atomic mass is 32.2. The molecule has 172 valence electrons. The van der Waals surface area contributed by atoms with Crippen molar-refractivity contribution in [3.05, 3.63) is 30.1 Å². The van der Waals surface area contributed by atoms with Gasteiger partial charge in [-0.2, -0.15) is 11.8 Å². The maximum Gasteiger partial charge on any atom is 0.232 e. The molecule has 0 radical (unpaired) electrons. The molecule has 0 saturated heterocycles. The number of amides is 1. The molecule has 31 heavy (non-hydrogen) atoms. The fourth-order valence-corrected chi connectivity index (χ4v) is 7.83. The minimum absolute atomic E-state index is 0.375. The Labute approximate surface area is 194 Å². The smallest absolute Gasteiger partial charge is 0.232 e. The summed E-state index contributed by atoms with van der Waals surface area (Å²) in [5, 5.41) is 0. The molecule has 3 aliphatic carbocycles. The third kappa shape index (κ3) is 6.06. The Kier molecular flexibility index (Phi) is 8.37. The van der Waals surface area contributed by atoms with Crippen molar-refractivity contribution in [3.63, 3.8) is 0 Å². The van der Waals surface area contributed by atoms with Gasteiger partial charge < -0.3 is 4.90 Å². The Morgan fingerprint density at radius 2 is 2.00 bits per heavy atom. The van der Waals surface area contributed by atoms with Crippen molar-refractivity contribution in [2.24, 2.45) is 23.2 Å². The molecule has 3 nitrogen and oxygen atoms in total. The van der Waals surface area contributed by atoms with Crippen LogP contribution in [0.2, 0.25) is 0 Å². The fourth-order valence-electron chi connectivity index (χ4n) is 6.95. The Morgan fingerprint density at radius 3 is 2.84 bits per heavy atom. The zero-order valence-corrected chi connectivity index (χ0v) is 20.4. The van der Waals surface area contributed by atoms with Crippen molar-refractivity contribution in [1.82, 2.24) is 9.88 Å². The van der Waals surface area contributed by atoms with Crippen molar-refractivity contribution in [2.45, 2.75) is 84.0 Å². The van der Waals surface area contributed by atoms with E-state index in [-0.39, 0.29) is 0 Å². The standard InChI is InChI=1S/C27H42N2OS/c1-2-3-4-14-29(26(30)21-31-16-9-22-7-12-28-13-8-22)15-11-27-10-5-6-23-17-24(20-27)19-25(27)18-23/h7-8,12-13,23-25H,2-6,9-11,14-21H2,1H3. The summed E-state index contributed by atoms with van der Waals surface area (Å²) in [5.74, 6) is 5.00. The minimum atomic E-state index is 0.375. The third-order valence-electron chi connectivity index (χ3n) is 8.52. The van der Waals surface area contributed by atoms with Gasteiger partial charge >= 0.3 is 0 Å². The van der Waals surface area contributed by atoms with Crippen molar-refractivity contribution in [3.8, 4) is 0 Å². The van der Waals surface area contributed by atoms with Crippen LogP contribution in [0.5, 0.6) is 0 Å². The summed E-state index contributed by atoms with van der Waals surface area (Å²) in [7, 11) is 0. The third-order valence-corrected chi connectivity index (χ3v) is 9.47. The van der Waals surface area contributed by atoms with E-state index in [1.54, 1.807) is 11.8 Å². The summed E-state index contributed by atoms with van der Waals surface area (Å²) in [4.78, 5) is 19.5.